The van der Waals surface area contributed by atoms with E-state index in [1.807, 2.05) is 0 Å². The van der Waals surface area contributed by atoms with E-state index in [-0.39, 0.29) is 22.4 Å². The summed E-state index contributed by atoms with van der Waals surface area (Å²) < 4.78 is 73.9. The molecule has 94 valence electrons. The minimum Gasteiger partial charge on any atom is -0.204 e. The fraction of sp³-hybridized carbons (Fsp3) is 0.267. The van der Waals surface area contributed by atoms with Crippen LogP contribution in [0.2, 0.25) is 0 Å². The van der Waals surface area contributed by atoms with E-state index in [0.29, 0.717) is 5.56 Å². The number of aromatic nitrogens is 1. The van der Waals surface area contributed by atoms with Gasteiger partial charge in [0.25, 0.3) is 0 Å². The van der Waals surface area contributed by atoms with E-state index in [0.717, 1.165) is 6.07 Å². The number of nitrogens with zero attached hydrogens (tertiary/aromatic N) is 1. The molecular weight excluding hydrogens is 232 g/mol. The highest BCUT2D eigenvalue weighted by atomic mass is 19.2. The Kier molecular flexibility index (Phi) is 1.74. The standard InChI is InChI=1S/C15H16F2N/c1-9-7-14(18(4)8-10(9)2)12-5-6-13(16)15(17)11(12)3/h5-8H,1-4H3/q+1/i1D3,2D3. The molecule has 0 bridgehead atoms. The van der Waals surface area contributed by atoms with Gasteiger partial charge in [-0.15, -0.1) is 0 Å². The molecule has 0 aliphatic carbocycles. The summed E-state index contributed by atoms with van der Waals surface area (Å²) >= 11 is 0. The molecule has 2 rings (SSSR count). The first kappa shape index (κ1) is 6.98. The topological polar surface area (TPSA) is 3.88 Å². The van der Waals surface area contributed by atoms with Crippen molar-refractivity contribution in [1.82, 2.24) is 0 Å². The van der Waals surface area contributed by atoms with Crippen LogP contribution in [0.1, 0.15) is 24.9 Å². The highest BCUT2D eigenvalue weighted by Gasteiger charge is 2.18. The summed E-state index contributed by atoms with van der Waals surface area (Å²) in [7, 11) is 1.52. The lowest BCUT2D eigenvalue weighted by Gasteiger charge is -2.08. The van der Waals surface area contributed by atoms with Gasteiger partial charge in [0.1, 0.15) is 7.05 Å². The van der Waals surface area contributed by atoms with E-state index >= 15 is 0 Å². The first-order valence-corrected chi connectivity index (χ1v) is 5.33. The van der Waals surface area contributed by atoms with Crippen LogP contribution in [0.15, 0.2) is 24.4 Å². The normalized spacial score (nSPS) is 17.1. The van der Waals surface area contributed by atoms with E-state index in [4.69, 9.17) is 8.22 Å². The van der Waals surface area contributed by atoms with Gasteiger partial charge in [-0.3, -0.25) is 0 Å². The third-order valence-electron chi connectivity index (χ3n) is 2.89. The Hall–Kier alpha value is -1.77. The molecule has 0 saturated heterocycles. The van der Waals surface area contributed by atoms with Gasteiger partial charge in [-0.05, 0) is 38.3 Å². The predicted octanol–water partition coefficient (Wildman–Crippen LogP) is 3.38. The minimum atomic E-state index is -2.65. The summed E-state index contributed by atoms with van der Waals surface area (Å²) in [6.07, 6.45) is 1.20. The van der Waals surface area contributed by atoms with Crippen LogP contribution in [-0.4, -0.2) is 0 Å². The molecule has 0 atom stereocenters. The second-order valence-corrected chi connectivity index (χ2v) is 4.13. The second kappa shape index (κ2) is 4.48. The van der Waals surface area contributed by atoms with Crippen molar-refractivity contribution in [3.63, 3.8) is 0 Å². The van der Waals surface area contributed by atoms with Crippen molar-refractivity contribution in [2.45, 2.75) is 20.6 Å². The van der Waals surface area contributed by atoms with E-state index < -0.39 is 25.3 Å². The molecule has 0 unspecified atom stereocenters. The monoisotopic (exact) mass is 254 g/mol. The SMILES string of the molecule is [2H]C([2H])([2H])c1cc(-c2ccc(F)c(F)c2C)[n+](C)cc1C([2H])([2H])[2H]. The quantitative estimate of drug-likeness (QED) is 0.687. The van der Waals surface area contributed by atoms with Crippen molar-refractivity contribution in [3.8, 4) is 11.3 Å². The maximum Gasteiger partial charge on any atom is 0.212 e. The van der Waals surface area contributed by atoms with Crippen LogP contribution in [0.25, 0.3) is 11.3 Å². The number of halogens is 2. The van der Waals surface area contributed by atoms with Crippen LogP contribution in [0.3, 0.4) is 0 Å². The van der Waals surface area contributed by atoms with Crippen LogP contribution in [-0.2, 0) is 7.05 Å². The van der Waals surface area contributed by atoms with E-state index in [1.165, 1.54) is 36.9 Å². The van der Waals surface area contributed by atoms with Crippen molar-refractivity contribution in [3.05, 3.63) is 52.7 Å². The molecule has 2 aromatic rings. The van der Waals surface area contributed by atoms with Crippen LogP contribution in [0.4, 0.5) is 8.78 Å². The van der Waals surface area contributed by atoms with Crippen LogP contribution >= 0.6 is 0 Å². The molecule has 0 saturated carbocycles. The van der Waals surface area contributed by atoms with Gasteiger partial charge in [-0.2, -0.15) is 0 Å². The van der Waals surface area contributed by atoms with Gasteiger partial charge in [-0.25, -0.2) is 13.3 Å². The fourth-order valence-corrected chi connectivity index (χ4v) is 1.85. The number of benzene rings is 1. The van der Waals surface area contributed by atoms with E-state index in [2.05, 4.69) is 0 Å². The maximum atomic E-state index is 13.8. The van der Waals surface area contributed by atoms with Gasteiger partial charge >= 0.3 is 0 Å². The maximum absolute atomic E-state index is 13.8. The van der Waals surface area contributed by atoms with Gasteiger partial charge in [0.2, 0.25) is 5.69 Å². The Labute approximate surface area is 114 Å². The summed E-state index contributed by atoms with van der Waals surface area (Å²) in [5, 5.41) is 0. The van der Waals surface area contributed by atoms with Crippen molar-refractivity contribution in [2.75, 3.05) is 0 Å². The van der Waals surface area contributed by atoms with Gasteiger partial charge < -0.3 is 0 Å². The Morgan fingerprint density at radius 3 is 2.56 bits per heavy atom. The second-order valence-electron chi connectivity index (χ2n) is 4.13. The molecule has 0 radical (unpaired) electrons. The van der Waals surface area contributed by atoms with Gasteiger partial charge in [-0.1, -0.05) is 0 Å². The van der Waals surface area contributed by atoms with Gasteiger partial charge in [0, 0.05) is 25.4 Å². The molecule has 0 aliphatic rings. The molecule has 0 N–H and O–H groups in total. The highest BCUT2D eigenvalue weighted by molar-refractivity contribution is 5.62. The number of hydrogen-bond donors (Lipinski definition) is 0. The minimum absolute atomic E-state index is 0.0173. The zero-order valence-corrected chi connectivity index (χ0v) is 10.0. The molecule has 1 heterocycles. The lowest BCUT2D eigenvalue weighted by atomic mass is 10.0. The predicted molar refractivity (Wildman–Crippen MR) is 67.2 cm³/mol. The van der Waals surface area contributed by atoms with E-state index in [1.54, 1.807) is 0 Å². The first-order chi connectivity index (χ1) is 10.8. The molecule has 0 fully saturated rings. The first-order valence-electron chi connectivity index (χ1n) is 8.33. The summed E-state index contributed by atoms with van der Waals surface area (Å²) in [5.41, 5.74) is -0.0398. The number of pyridine rings is 1. The van der Waals surface area contributed by atoms with E-state index in [9.17, 15) is 8.78 Å². The van der Waals surface area contributed by atoms with Crippen LogP contribution in [0, 0.1) is 32.3 Å². The number of rotatable bonds is 1. The fourth-order valence-electron chi connectivity index (χ4n) is 1.85. The average Bonchev–Trinajstić information content (AvgIpc) is 2.43. The Morgan fingerprint density at radius 2 is 1.89 bits per heavy atom. The lowest BCUT2D eigenvalue weighted by Crippen LogP contribution is -2.31. The molecule has 3 heteroatoms. The average molecular weight is 254 g/mol. The molecule has 0 aliphatic heterocycles. The van der Waals surface area contributed by atoms with Crippen molar-refractivity contribution in [2.24, 2.45) is 7.05 Å². The zero-order valence-electron chi connectivity index (χ0n) is 16.0. The Bertz CT molecular complexity index is 796. The summed E-state index contributed by atoms with van der Waals surface area (Å²) in [4.78, 5) is 0. The molecule has 18 heavy (non-hydrogen) atoms. The van der Waals surface area contributed by atoms with Crippen LogP contribution < -0.4 is 4.57 Å². The molecular formula is C15H16F2N+. The number of aryl methyl sites for hydroxylation is 3. The summed E-state index contributed by atoms with van der Waals surface area (Å²) in [6.45, 7) is -3.89. The lowest BCUT2D eigenvalue weighted by molar-refractivity contribution is -0.660. The highest BCUT2D eigenvalue weighted by Crippen LogP contribution is 2.25. The largest absolute Gasteiger partial charge is 0.212 e. The molecule has 1 aromatic carbocycles. The third-order valence-corrected chi connectivity index (χ3v) is 2.89. The summed E-state index contributed by atoms with van der Waals surface area (Å²) in [6, 6.07) is 3.49. The zero-order chi connectivity index (χ0) is 18.4. The Balaban J connectivity index is 2.81. The Morgan fingerprint density at radius 1 is 1.17 bits per heavy atom. The van der Waals surface area contributed by atoms with Crippen molar-refractivity contribution in [1.29, 1.82) is 0 Å². The number of hydrogen-bond acceptors (Lipinski definition) is 0. The molecule has 0 spiro atoms. The smallest absolute Gasteiger partial charge is 0.204 e. The van der Waals surface area contributed by atoms with Crippen molar-refractivity contribution >= 4 is 0 Å². The molecule has 1 aromatic heterocycles. The van der Waals surface area contributed by atoms with Crippen LogP contribution in [0.5, 0.6) is 0 Å². The van der Waals surface area contributed by atoms with Crippen molar-refractivity contribution < 1.29 is 21.6 Å². The molecule has 0 amide bonds. The van der Waals surface area contributed by atoms with Gasteiger partial charge in [0.15, 0.2) is 17.8 Å². The molecule has 1 nitrogen and oxygen atoms in total. The summed E-state index contributed by atoms with van der Waals surface area (Å²) in [5.74, 6) is -2.03. The third kappa shape index (κ3) is 2.01. The van der Waals surface area contributed by atoms with Gasteiger partial charge in [0.05, 0.1) is 5.56 Å².